The van der Waals surface area contributed by atoms with Crippen molar-refractivity contribution in [1.82, 2.24) is 0 Å². The van der Waals surface area contributed by atoms with E-state index in [4.69, 9.17) is 5.73 Å². The molecule has 1 aromatic rings. The molecular formula is C10H11F5N2. The number of rotatable bonds is 5. The Labute approximate surface area is 94.6 Å². The van der Waals surface area contributed by atoms with E-state index in [1.54, 1.807) is 0 Å². The molecule has 0 aliphatic carbocycles. The monoisotopic (exact) mass is 254 g/mol. The van der Waals surface area contributed by atoms with Crippen molar-refractivity contribution >= 4 is 5.69 Å². The number of hydrogen-bond acceptors (Lipinski definition) is 2. The molecule has 0 aromatic heterocycles. The number of unbranched alkanes of at least 4 members (excludes halogenated alkanes) is 1. The molecule has 0 unspecified atom stereocenters. The zero-order valence-corrected chi connectivity index (χ0v) is 8.80. The molecule has 0 saturated heterocycles. The lowest BCUT2D eigenvalue weighted by molar-refractivity contribution is 0.381. The molecule has 0 aliphatic rings. The zero-order chi connectivity index (χ0) is 13.0. The van der Waals surface area contributed by atoms with E-state index >= 15 is 0 Å². The Morgan fingerprint density at radius 2 is 1.24 bits per heavy atom. The van der Waals surface area contributed by atoms with Gasteiger partial charge in [-0.1, -0.05) is 0 Å². The van der Waals surface area contributed by atoms with Gasteiger partial charge >= 0.3 is 0 Å². The Morgan fingerprint density at radius 3 is 1.71 bits per heavy atom. The maximum Gasteiger partial charge on any atom is 0.200 e. The van der Waals surface area contributed by atoms with Gasteiger partial charge in [-0.15, -0.1) is 0 Å². The first kappa shape index (κ1) is 13.7. The van der Waals surface area contributed by atoms with Crippen LogP contribution in [0.15, 0.2) is 0 Å². The van der Waals surface area contributed by atoms with Crippen molar-refractivity contribution < 1.29 is 22.0 Å². The summed E-state index contributed by atoms with van der Waals surface area (Å²) in [6.45, 7) is 0.467. The summed E-state index contributed by atoms with van der Waals surface area (Å²) in [6, 6.07) is 0. The summed E-state index contributed by atoms with van der Waals surface area (Å²) in [5.41, 5.74) is 4.19. The molecule has 2 nitrogen and oxygen atoms in total. The van der Waals surface area contributed by atoms with Crippen LogP contribution in [-0.2, 0) is 0 Å². The van der Waals surface area contributed by atoms with Gasteiger partial charge in [-0.3, -0.25) is 0 Å². The number of benzene rings is 1. The minimum Gasteiger partial charge on any atom is -0.380 e. The highest BCUT2D eigenvalue weighted by Crippen LogP contribution is 2.26. The Hall–Kier alpha value is -1.37. The summed E-state index contributed by atoms with van der Waals surface area (Å²) in [5, 5.41) is 2.17. The van der Waals surface area contributed by atoms with Crippen LogP contribution >= 0.6 is 0 Å². The molecule has 0 aliphatic heterocycles. The third kappa shape index (κ3) is 2.85. The lowest BCUT2D eigenvalue weighted by Gasteiger charge is -2.10. The van der Waals surface area contributed by atoms with Gasteiger partial charge in [0.1, 0.15) is 5.69 Å². The molecule has 0 saturated carbocycles. The van der Waals surface area contributed by atoms with Gasteiger partial charge in [0.05, 0.1) is 0 Å². The minimum atomic E-state index is -2.16. The maximum atomic E-state index is 13.1. The topological polar surface area (TPSA) is 38.0 Å². The summed E-state index contributed by atoms with van der Waals surface area (Å²) < 4.78 is 64.4. The summed E-state index contributed by atoms with van der Waals surface area (Å²) in [5.74, 6) is -9.77. The third-order valence-electron chi connectivity index (χ3n) is 2.14. The van der Waals surface area contributed by atoms with Crippen LogP contribution in [-0.4, -0.2) is 13.1 Å². The van der Waals surface area contributed by atoms with Crippen LogP contribution in [0.5, 0.6) is 0 Å². The smallest absolute Gasteiger partial charge is 0.200 e. The van der Waals surface area contributed by atoms with Crippen LogP contribution in [0.25, 0.3) is 0 Å². The van der Waals surface area contributed by atoms with E-state index in [1.165, 1.54) is 0 Å². The molecule has 3 N–H and O–H groups in total. The molecule has 0 amide bonds. The fourth-order valence-corrected chi connectivity index (χ4v) is 1.24. The molecule has 0 spiro atoms. The number of hydrogen-bond donors (Lipinski definition) is 2. The maximum absolute atomic E-state index is 13.1. The van der Waals surface area contributed by atoms with Crippen LogP contribution in [0.4, 0.5) is 27.6 Å². The van der Waals surface area contributed by atoms with E-state index in [-0.39, 0.29) is 6.54 Å². The first-order chi connectivity index (χ1) is 8.00. The Morgan fingerprint density at radius 1 is 0.765 bits per heavy atom. The highest BCUT2D eigenvalue weighted by Gasteiger charge is 2.25. The Balaban J connectivity index is 2.92. The molecule has 7 heteroatoms. The number of anilines is 1. The van der Waals surface area contributed by atoms with E-state index in [9.17, 15) is 22.0 Å². The first-order valence-corrected chi connectivity index (χ1v) is 4.96. The van der Waals surface area contributed by atoms with Gasteiger partial charge in [-0.05, 0) is 19.4 Å². The number of halogens is 5. The lowest BCUT2D eigenvalue weighted by atomic mass is 10.2. The van der Waals surface area contributed by atoms with Gasteiger partial charge in [0.25, 0.3) is 0 Å². The standard InChI is InChI=1S/C10H11F5N2/c11-5-6(12)8(14)10(9(15)7(5)13)17-4-2-1-3-16/h17H,1-4,16H2. The first-order valence-electron chi connectivity index (χ1n) is 4.96. The summed E-state index contributed by atoms with van der Waals surface area (Å²) in [4.78, 5) is 0. The predicted octanol–water partition coefficient (Wildman–Crippen LogP) is 2.53. The van der Waals surface area contributed by atoms with Gasteiger partial charge in [0.15, 0.2) is 23.3 Å². The normalized spacial score (nSPS) is 10.7. The van der Waals surface area contributed by atoms with Gasteiger partial charge < -0.3 is 11.1 Å². The van der Waals surface area contributed by atoms with E-state index in [0.29, 0.717) is 19.4 Å². The molecule has 17 heavy (non-hydrogen) atoms. The van der Waals surface area contributed by atoms with Crippen LogP contribution in [0.2, 0.25) is 0 Å². The molecule has 0 atom stereocenters. The average Bonchev–Trinajstić information content (AvgIpc) is 2.33. The highest BCUT2D eigenvalue weighted by molar-refractivity contribution is 5.47. The largest absolute Gasteiger partial charge is 0.380 e. The zero-order valence-electron chi connectivity index (χ0n) is 8.80. The van der Waals surface area contributed by atoms with Gasteiger partial charge in [0, 0.05) is 6.54 Å². The van der Waals surface area contributed by atoms with Crippen LogP contribution in [0, 0.1) is 29.1 Å². The van der Waals surface area contributed by atoms with E-state index in [2.05, 4.69) is 5.32 Å². The SMILES string of the molecule is NCCCCNc1c(F)c(F)c(F)c(F)c1F. The molecule has 0 bridgehead atoms. The van der Waals surface area contributed by atoms with Crippen molar-refractivity contribution in [3.05, 3.63) is 29.1 Å². The second-order valence-corrected chi connectivity index (χ2v) is 3.37. The highest BCUT2D eigenvalue weighted by atomic mass is 19.2. The number of nitrogens with two attached hydrogens (primary N) is 1. The molecule has 0 fully saturated rings. The van der Waals surface area contributed by atoms with Crippen LogP contribution in [0.1, 0.15) is 12.8 Å². The molecular weight excluding hydrogens is 243 g/mol. The van der Waals surface area contributed by atoms with E-state index in [1.807, 2.05) is 0 Å². The second-order valence-electron chi connectivity index (χ2n) is 3.37. The van der Waals surface area contributed by atoms with E-state index in [0.717, 1.165) is 0 Å². The summed E-state index contributed by atoms with van der Waals surface area (Å²) in [6.07, 6.45) is 1.05. The van der Waals surface area contributed by atoms with Crippen LogP contribution in [0.3, 0.4) is 0 Å². The fraction of sp³-hybridized carbons (Fsp3) is 0.400. The average molecular weight is 254 g/mol. The number of nitrogens with one attached hydrogen (secondary N) is 1. The molecule has 0 radical (unpaired) electrons. The predicted molar refractivity (Wildman–Crippen MR) is 53.0 cm³/mol. The third-order valence-corrected chi connectivity index (χ3v) is 2.14. The Bertz CT molecular complexity index is 379. The van der Waals surface area contributed by atoms with Crippen molar-refractivity contribution in [1.29, 1.82) is 0 Å². The van der Waals surface area contributed by atoms with Crippen molar-refractivity contribution in [3.8, 4) is 0 Å². The Kier molecular flexibility index (Phi) is 4.68. The van der Waals surface area contributed by atoms with Crippen molar-refractivity contribution in [2.75, 3.05) is 18.4 Å². The van der Waals surface area contributed by atoms with Gasteiger partial charge in [-0.2, -0.15) is 0 Å². The summed E-state index contributed by atoms with van der Waals surface area (Å²) in [7, 11) is 0. The van der Waals surface area contributed by atoms with E-state index < -0.39 is 34.8 Å². The van der Waals surface area contributed by atoms with Gasteiger partial charge in [-0.25, -0.2) is 22.0 Å². The second kappa shape index (κ2) is 5.81. The minimum absolute atomic E-state index is 0.0789. The quantitative estimate of drug-likeness (QED) is 0.367. The molecule has 1 rings (SSSR count). The molecule has 96 valence electrons. The van der Waals surface area contributed by atoms with Gasteiger partial charge in [0.2, 0.25) is 5.82 Å². The summed E-state index contributed by atoms with van der Waals surface area (Å²) >= 11 is 0. The lowest BCUT2D eigenvalue weighted by Crippen LogP contribution is -2.12. The molecule has 1 aromatic carbocycles. The van der Waals surface area contributed by atoms with Crippen molar-refractivity contribution in [2.45, 2.75) is 12.8 Å². The fourth-order valence-electron chi connectivity index (χ4n) is 1.24. The molecule has 0 heterocycles. The van der Waals surface area contributed by atoms with Crippen LogP contribution < -0.4 is 11.1 Å². The van der Waals surface area contributed by atoms with Crippen molar-refractivity contribution in [3.63, 3.8) is 0 Å². The van der Waals surface area contributed by atoms with Crippen molar-refractivity contribution in [2.24, 2.45) is 5.73 Å².